The molecule has 1 aromatic rings. The number of primary amides is 2. The second kappa shape index (κ2) is 7.08. The number of aryl methyl sites for hydroxylation is 3. The van der Waals surface area contributed by atoms with E-state index >= 15 is 0 Å². The van der Waals surface area contributed by atoms with Crippen LogP contribution in [-0.4, -0.2) is 11.8 Å². The first kappa shape index (κ1) is 16.2. The summed E-state index contributed by atoms with van der Waals surface area (Å²) in [5, 5.41) is 0. The Morgan fingerprint density at radius 3 is 1.95 bits per heavy atom. The van der Waals surface area contributed by atoms with Crippen LogP contribution >= 0.6 is 0 Å². The Balaban J connectivity index is 3.30. The molecule has 1 rings (SSSR count). The average molecular weight is 276 g/mol. The highest BCUT2D eigenvalue weighted by molar-refractivity contribution is 5.84. The summed E-state index contributed by atoms with van der Waals surface area (Å²) in [6.45, 7) is 6.17. The molecule has 4 nitrogen and oxygen atoms in total. The zero-order chi connectivity index (χ0) is 15.3. The summed E-state index contributed by atoms with van der Waals surface area (Å²) in [4.78, 5) is 22.8. The lowest BCUT2D eigenvalue weighted by Crippen LogP contribution is -2.25. The largest absolute Gasteiger partial charge is 0.370 e. The van der Waals surface area contributed by atoms with E-state index in [-0.39, 0.29) is 12.3 Å². The molecule has 1 aromatic carbocycles. The third kappa shape index (κ3) is 3.83. The van der Waals surface area contributed by atoms with Gasteiger partial charge >= 0.3 is 0 Å². The van der Waals surface area contributed by atoms with Gasteiger partial charge < -0.3 is 11.5 Å². The number of carbonyl (C=O) groups excluding carboxylic acids is 2. The van der Waals surface area contributed by atoms with Crippen LogP contribution in [0.1, 0.15) is 54.9 Å². The minimum absolute atomic E-state index is 0.174. The second-order valence-corrected chi connectivity index (χ2v) is 5.16. The Labute approximate surface area is 120 Å². The van der Waals surface area contributed by atoms with Gasteiger partial charge in [-0.2, -0.15) is 0 Å². The van der Waals surface area contributed by atoms with Crippen molar-refractivity contribution >= 4 is 11.8 Å². The van der Waals surface area contributed by atoms with E-state index in [0.29, 0.717) is 6.42 Å². The molecule has 0 aliphatic heterocycles. The Morgan fingerprint density at radius 1 is 1.10 bits per heavy atom. The topological polar surface area (TPSA) is 86.2 Å². The average Bonchev–Trinajstić information content (AvgIpc) is 2.38. The van der Waals surface area contributed by atoms with Crippen molar-refractivity contribution in [2.24, 2.45) is 11.5 Å². The molecular formula is C16H24N2O2. The number of nitrogens with two attached hydrogens (primary N) is 2. The van der Waals surface area contributed by atoms with Crippen LogP contribution in [0.2, 0.25) is 0 Å². The van der Waals surface area contributed by atoms with Gasteiger partial charge in [0.15, 0.2) is 0 Å². The summed E-state index contributed by atoms with van der Waals surface area (Å²) >= 11 is 0. The van der Waals surface area contributed by atoms with E-state index in [2.05, 4.69) is 26.0 Å². The molecule has 1 atom stereocenters. The first-order valence-electron chi connectivity index (χ1n) is 7.10. The van der Waals surface area contributed by atoms with Gasteiger partial charge in [0, 0.05) is 6.42 Å². The highest BCUT2D eigenvalue weighted by Gasteiger charge is 2.23. The number of hydrogen-bond donors (Lipinski definition) is 2. The summed E-state index contributed by atoms with van der Waals surface area (Å²) in [5.41, 5.74) is 15.2. The summed E-state index contributed by atoms with van der Waals surface area (Å²) in [6.07, 6.45) is 2.23. The normalized spacial score (nSPS) is 12.2. The Kier molecular flexibility index (Phi) is 5.74. The fraction of sp³-hybridized carbons (Fsp3) is 0.500. The minimum Gasteiger partial charge on any atom is -0.370 e. The van der Waals surface area contributed by atoms with Crippen molar-refractivity contribution in [2.75, 3.05) is 0 Å². The maximum Gasteiger partial charge on any atom is 0.224 e. The zero-order valence-corrected chi connectivity index (χ0v) is 12.5. The van der Waals surface area contributed by atoms with E-state index in [0.717, 1.165) is 29.5 Å². The molecule has 0 aliphatic rings. The quantitative estimate of drug-likeness (QED) is 0.797. The van der Waals surface area contributed by atoms with E-state index in [1.807, 2.05) is 6.92 Å². The third-order valence-electron chi connectivity index (χ3n) is 3.63. The van der Waals surface area contributed by atoms with Crippen molar-refractivity contribution in [1.82, 2.24) is 0 Å². The van der Waals surface area contributed by atoms with Crippen molar-refractivity contribution < 1.29 is 9.59 Å². The predicted octanol–water partition coefficient (Wildman–Crippen LogP) is 1.95. The van der Waals surface area contributed by atoms with E-state index < -0.39 is 11.8 Å². The van der Waals surface area contributed by atoms with Crippen LogP contribution in [0, 0.1) is 6.92 Å². The van der Waals surface area contributed by atoms with Crippen LogP contribution in [0.15, 0.2) is 12.1 Å². The summed E-state index contributed by atoms with van der Waals surface area (Å²) in [5.74, 6) is -1.23. The van der Waals surface area contributed by atoms with Gasteiger partial charge in [0.2, 0.25) is 11.8 Å². The minimum atomic E-state index is -0.437. The molecule has 0 fully saturated rings. The molecule has 0 heterocycles. The van der Waals surface area contributed by atoms with Crippen molar-refractivity contribution in [2.45, 2.75) is 52.4 Å². The first-order chi connectivity index (χ1) is 9.40. The summed E-state index contributed by atoms with van der Waals surface area (Å²) in [7, 11) is 0. The van der Waals surface area contributed by atoms with Crippen LogP contribution < -0.4 is 11.5 Å². The smallest absolute Gasteiger partial charge is 0.224 e. The second-order valence-electron chi connectivity index (χ2n) is 5.16. The fourth-order valence-corrected chi connectivity index (χ4v) is 2.70. The molecular weight excluding hydrogens is 252 g/mol. The fourth-order valence-electron chi connectivity index (χ4n) is 2.70. The van der Waals surface area contributed by atoms with E-state index in [4.69, 9.17) is 11.5 Å². The molecule has 0 aromatic heterocycles. The van der Waals surface area contributed by atoms with Crippen LogP contribution in [-0.2, 0) is 22.4 Å². The van der Waals surface area contributed by atoms with Crippen molar-refractivity contribution in [3.8, 4) is 0 Å². The lowest BCUT2D eigenvalue weighted by atomic mass is 9.83. The molecule has 1 unspecified atom stereocenters. The monoisotopic (exact) mass is 276 g/mol. The van der Waals surface area contributed by atoms with Crippen LogP contribution in [0.25, 0.3) is 0 Å². The van der Waals surface area contributed by atoms with Crippen molar-refractivity contribution in [3.05, 3.63) is 34.4 Å². The van der Waals surface area contributed by atoms with Crippen LogP contribution in [0.5, 0.6) is 0 Å². The van der Waals surface area contributed by atoms with Gasteiger partial charge in [-0.05, 0) is 42.9 Å². The Hall–Kier alpha value is -1.84. The zero-order valence-electron chi connectivity index (χ0n) is 12.5. The SMILES string of the molecule is CCc1cc(C)cc(CC)c1C(CCC(N)=O)C(N)=O. The molecule has 20 heavy (non-hydrogen) atoms. The van der Waals surface area contributed by atoms with Gasteiger partial charge in [-0.15, -0.1) is 0 Å². The molecule has 2 amide bonds. The maximum atomic E-state index is 11.8. The molecule has 0 radical (unpaired) electrons. The number of hydrogen-bond acceptors (Lipinski definition) is 2. The van der Waals surface area contributed by atoms with Crippen molar-refractivity contribution in [1.29, 1.82) is 0 Å². The molecule has 0 aliphatic carbocycles. The highest BCUT2D eigenvalue weighted by atomic mass is 16.1. The number of rotatable bonds is 7. The van der Waals surface area contributed by atoms with Gasteiger partial charge in [-0.1, -0.05) is 31.5 Å². The molecule has 0 saturated carbocycles. The summed E-state index contributed by atoms with van der Waals surface area (Å²) in [6, 6.07) is 4.18. The van der Waals surface area contributed by atoms with Gasteiger partial charge in [-0.25, -0.2) is 0 Å². The van der Waals surface area contributed by atoms with Crippen LogP contribution in [0.4, 0.5) is 0 Å². The van der Waals surface area contributed by atoms with Gasteiger partial charge in [0.25, 0.3) is 0 Å². The lowest BCUT2D eigenvalue weighted by Gasteiger charge is -2.21. The number of benzene rings is 1. The molecule has 4 heteroatoms. The van der Waals surface area contributed by atoms with Crippen molar-refractivity contribution in [3.63, 3.8) is 0 Å². The predicted molar refractivity (Wildman–Crippen MR) is 80.3 cm³/mol. The first-order valence-corrected chi connectivity index (χ1v) is 7.10. The standard InChI is InChI=1S/C16H24N2O2/c1-4-11-8-10(3)9-12(5-2)15(11)13(16(18)20)6-7-14(17)19/h8-9,13H,4-7H2,1-3H3,(H2,17,19)(H2,18,20). The van der Waals surface area contributed by atoms with E-state index in [9.17, 15) is 9.59 Å². The van der Waals surface area contributed by atoms with E-state index in [1.165, 1.54) is 5.56 Å². The van der Waals surface area contributed by atoms with Gasteiger partial charge in [0.05, 0.1) is 5.92 Å². The third-order valence-corrected chi connectivity index (χ3v) is 3.63. The molecule has 0 bridgehead atoms. The maximum absolute atomic E-state index is 11.8. The Bertz CT molecular complexity index is 484. The summed E-state index contributed by atoms with van der Waals surface area (Å²) < 4.78 is 0. The molecule has 0 spiro atoms. The number of carbonyl (C=O) groups is 2. The molecule has 4 N–H and O–H groups in total. The highest BCUT2D eigenvalue weighted by Crippen LogP contribution is 2.30. The van der Waals surface area contributed by atoms with Gasteiger partial charge in [0.1, 0.15) is 0 Å². The Morgan fingerprint density at radius 2 is 1.60 bits per heavy atom. The molecule has 0 saturated heterocycles. The molecule has 110 valence electrons. The van der Waals surface area contributed by atoms with E-state index in [1.54, 1.807) is 0 Å². The van der Waals surface area contributed by atoms with Gasteiger partial charge in [-0.3, -0.25) is 9.59 Å². The number of amides is 2. The van der Waals surface area contributed by atoms with Crippen LogP contribution in [0.3, 0.4) is 0 Å². The lowest BCUT2D eigenvalue weighted by molar-refractivity contribution is -0.120.